The monoisotopic (exact) mass is 178 g/mol. The van der Waals surface area contributed by atoms with Crippen LogP contribution in [0.1, 0.15) is 2.85 Å². The topological polar surface area (TPSA) is 35.5 Å². The number of rotatable bonds is 0. The third-order valence-corrected chi connectivity index (χ3v) is 0.378. The largest absolute Gasteiger partial charge is 1.00 e. The predicted octanol–water partition coefficient (Wildman–Crippen LogP) is -4.32. The van der Waals surface area contributed by atoms with Gasteiger partial charge in [-0.2, -0.15) is 0 Å². The van der Waals surface area contributed by atoms with Crippen LogP contribution in [0.5, 0.6) is 0 Å². The summed E-state index contributed by atoms with van der Waals surface area (Å²) < 4.78 is 6.76. The fourth-order valence-electron chi connectivity index (χ4n) is 0.0119. The molecule has 0 spiro atoms. The van der Waals surface area contributed by atoms with Gasteiger partial charge in [-0.25, -0.2) is 4.79 Å². The van der Waals surface area contributed by atoms with Gasteiger partial charge in [-0.1, -0.05) is 0 Å². The zero-order valence-corrected chi connectivity index (χ0v) is 9.99. The summed E-state index contributed by atoms with van der Waals surface area (Å²) in [5.74, 6) is 0. The van der Waals surface area contributed by atoms with Gasteiger partial charge in [0.15, 0.2) is 0 Å². The first-order chi connectivity index (χ1) is 2.81. The Kier molecular flexibility index (Phi) is 23.9. The summed E-state index contributed by atoms with van der Waals surface area (Å²) in [6.07, 6.45) is -1.13. The van der Waals surface area contributed by atoms with Gasteiger partial charge in [-0.05, 0) is 0 Å². The molecule has 0 aromatic carbocycles. The second kappa shape index (κ2) is 11.6. The minimum atomic E-state index is -1.13. The molecule has 0 bridgehead atoms. The van der Waals surface area contributed by atoms with Crippen LogP contribution in [0.3, 0.4) is 0 Å². The first kappa shape index (κ1) is 16.4. The summed E-state index contributed by atoms with van der Waals surface area (Å²) in [4.78, 5) is 9.47. The average molecular weight is 179 g/mol. The number of halogens is 2. The van der Waals surface area contributed by atoms with E-state index in [0.717, 1.165) is 0 Å². The van der Waals surface area contributed by atoms with Crippen LogP contribution in [0, 0.1) is 0 Å². The molecule has 0 amide bonds. The molecule has 0 atom stereocenters. The van der Waals surface area contributed by atoms with Crippen molar-refractivity contribution in [3.05, 3.63) is 0 Å². The van der Waals surface area contributed by atoms with Gasteiger partial charge < -0.3 is 11.4 Å². The molecule has 0 radical (unpaired) electrons. The minimum absolute atomic E-state index is 0. The predicted molar refractivity (Wildman–Crippen MR) is 21.5 cm³/mol. The van der Waals surface area contributed by atoms with Crippen molar-refractivity contribution in [2.45, 2.75) is 0 Å². The zero-order valence-electron chi connectivity index (χ0n) is 6.48. The van der Waals surface area contributed by atoms with Crippen LogP contribution < -0.4 is 59.1 Å². The van der Waals surface area contributed by atoms with E-state index in [-0.39, 0.29) is 62.0 Å². The molecule has 0 aliphatic rings. The molecule has 3 nitrogen and oxygen atoms in total. The first-order valence-corrected chi connectivity index (χ1v) is 1.54. The van der Waals surface area contributed by atoms with Gasteiger partial charge in [-0.15, -0.1) is 0 Å². The van der Waals surface area contributed by atoms with E-state index in [1.54, 1.807) is 0 Å². The van der Waals surface area contributed by atoms with Crippen LogP contribution in [-0.4, -0.2) is 6.16 Å². The van der Waals surface area contributed by atoms with Gasteiger partial charge in [0.05, 0.1) is 0 Å². The van der Waals surface area contributed by atoms with Crippen molar-refractivity contribution in [1.29, 1.82) is 0 Å². The van der Waals surface area contributed by atoms with Gasteiger partial charge in [0.1, 0.15) is 23.7 Å². The van der Waals surface area contributed by atoms with Crippen molar-refractivity contribution >= 4 is 29.9 Å². The molecule has 0 unspecified atom stereocenters. The standard InChI is InChI=1S/CCl2O3.2Na.2H/c2-5-1(4)6-3;;;;/q;2*+1;2*-1. The zero-order chi connectivity index (χ0) is 4.99. The van der Waals surface area contributed by atoms with Crippen molar-refractivity contribution < 1.29 is 75.3 Å². The molecule has 0 fully saturated rings. The van der Waals surface area contributed by atoms with E-state index in [9.17, 15) is 4.79 Å². The van der Waals surface area contributed by atoms with Crippen molar-refractivity contribution in [1.82, 2.24) is 0 Å². The molecule has 0 aromatic heterocycles. The summed E-state index contributed by atoms with van der Waals surface area (Å²) in [6.45, 7) is 0. The minimum Gasteiger partial charge on any atom is -1.00 e. The Morgan fingerprint density at radius 3 is 1.50 bits per heavy atom. The fourth-order valence-corrected chi connectivity index (χ4v) is 0.107. The van der Waals surface area contributed by atoms with Crippen LogP contribution in [0.25, 0.3) is 0 Å². The van der Waals surface area contributed by atoms with E-state index in [1.807, 2.05) is 0 Å². The molecule has 0 N–H and O–H groups in total. The molecule has 7 heteroatoms. The summed E-state index contributed by atoms with van der Waals surface area (Å²) in [7, 11) is 0. The summed E-state index contributed by atoms with van der Waals surface area (Å²) in [5, 5.41) is 0. The maximum Gasteiger partial charge on any atom is 1.00 e. The van der Waals surface area contributed by atoms with Gasteiger partial charge in [-0.3, -0.25) is 0 Å². The number of carbonyl (C=O) groups is 1. The quantitative estimate of drug-likeness (QED) is 0.353. The Morgan fingerprint density at radius 2 is 1.50 bits per heavy atom. The second-order valence-corrected chi connectivity index (χ2v) is 0.713. The van der Waals surface area contributed by atoms with Crippen molar-refractivity contribution in [2.75, 3.05) is 0 Å². The van der Waals surface area contributed by atoms with Crippen LogP contribution in [-0.2, 0) is 8.58 Å². The molecule has 0 rings (SSSR count). The molecule has 0 aliphatic carbocycles. The number of hydrogen-bond acceptors (Lipinski definition) is 3. The fraction of sp³-hybridized carbons (Fsp3) is 0. The van der Waals surface area contributed by atoms with Gasteiger partial charge in [0.2, 0.25) is 0 Å². The first-order valence-electron chi connectivity index (χ1n) is 0.921. The third-order valence-electron chi connectivity index (χ3n) is 0.126. The molecular formula is CH2Cl2Na2O3. The summed E-state index contributed by atoms with van der Waals surface area (Å²) >= 11 is 8.79. The Hall–Kier alpha value is 1.85. The van der Waals surface area contributed by atoms with Gasteiger partial charge >= 0.3 is 65.3 Å². The Balaban J connectivity index is -0.0000000208. The van der Waals surface area contributed by atoms with Gasteiger partial charge in [0.25, 0.3) is 0 Å². The summed E-state index contributed by atoms with van der Waals surface area (Å²) in [6, 6.07) is 0. The molecule has 40 valence electrons. The van der Waals surface area contributed by atoms with E-state index in [4.69, 9.17) is 0 Å². The van der Waals surface area contributed by atoms with E-state index >= 15 is 0 Å². The van der Waals surface area contributed by atoms with Crippen LogP contribution >= 0.6 is 23.7 Å². The van der Waals surface area contributed by atoms with E-state index in [0.29, 0.717) is 0 Å². The van der Waals surface area contributed by atoms with Gasteiger partial charge in [0, 0.05) is 0 Å². The second-order valence-electron chi connectivity index (χ2n) is 0.404. The SMILES string of the molecule is O=C(OCl)OCl.[H-].[H-].[Na+].[Na+]. The van der Waals surface area contributed by atoms with Crippen LogP contribution in [0.4, 0.5) is 4.79 Å². The maximum atomic E-state index is 9.47. The van der Waals surface area contributed by atoms with Crippen molar-refractivity contribution in [3.8, 4) is 0 Å². The van der Waals surface area contributed by atoms with Crippen molar-refractivity contribution in [3.63, 3.8) is 0 Å². The van der Waals surface area contributed by atoms with Crippen LogP contribution in [0.2, 0.25) is 0 Å². The van der Waals surface area contributed by atoms with Crippen molar-refractivity contribution in [2.24, 2.45) is 0 Å². The normalized spacial score (nSPS) is 5.25. The van der Waals surface area contributed by atoms with E-state index in [2.05, 4.69) is 32.3 Å². The summed E-state index contributed by atoms with van der Waals surface area (Å²) in [5.41, 5.74) is 0. The molecule has 0 aliphatic heterocycles. The third kappa shape index (κ3) is 10.8. The maximum absolute atomic E-state index is 9.47. The number of carbonyl (C=O) groups excluding carboxylic acids is 1. The molecular weight excluding hydrogens is 177 g/mol. The Morgan fingerprint density at radius 1 is 1.25 bits per heavy atom. The average Bonchev–Trinajstić information content (AvgIpc) is 1.65. The molecule has 8 heavy (non-hydrogen) atoms. The van der Waals surface area contributed by atoms with E-state index in [1.165, 1.54) is 0 Å². The Bertz CT molecular complexity index is 60.5. The smallest absolute Gasteiger partial charge is 1.00 e. The van der Waals surface area contributed by atoms with E-state index < -0.39 is 6.16 Å². The molecule has 0 saturated heterocycles. The molecule has 0 heterocycles. The Labute approximate surface area is 104 Å². The van der Waals surface area contributed by atoms with Crippen LogP contribution in [0.15, 0.2) is 0 Å². The molecule has 0 saturated carbocycles. The molecule has 0 aromatic rings. The number of hydrogen-bond donors (Lipinski definition) is 0.